The van der Waals surface area contributed by atoms with Gasteiger partial charge in [-0.25, -0.2) is 8.78 Å². The minimum absolute atomic E-state index is 0.00293. The van der Waals surface area contributed by atoms with Gasteiger partial charge in [0.2, 0.25) is 5.91 Å². The molecule has 1 saturated carbocycles. The van der Waals surface area contributed by atoms with Gasteiger partial charge in [0, 0.05) is 12.0 Å². The molecular weight excluding hydrogens is 355 g/mol. The van der Waals surface area contributed by atoms with Gasteiger partial charge in [0.15, 0.2) is 0 Å². The fourth-order valence-corrected chi connectivity index (χ4v) is 3.27. The Morgan fingerprint density at radius 3 is 2.27 bits per heavy atom. The number of benzene rings is 2. The SMILES string of the molecule is O=C1NC(c2ccc(F)cc2F)=NC2C1C2c1ccc(C(F)(F)F)cc1. The number of carbonyl (C=O) groups is 1. The third kappa shape index (κ3) is 2.75. The van der Waals surface area contributed by atoms with E-state index < -0.39 is 35.3 Å². The Labute approximate surface area is 144 Å². The minimum atomic E-state index is -4.43. The molecule has 0 spiro atoms. The fraction of sp³-hybridized carbons (Fsp3) is 0.222. The van der Waals surface area contributed by atoms with Crippen molar-refractivity contribution in [1.29, 1.82) is 0 Å². The normalized spacial score (nSPS) is 24.6. The number of hydrogen-bond acceptors (Lipinski definition) is 2. The summed E-state index contributed by atoms with van der Waals surface area (Å²) in [4.78, 5) is 16.5. The van der Waals surface area contributed by atoms with Crippen molar-refractivity contribution in [3.8, 4) is 0 Å². The van der Waals surface area contributed by atoms with E-state index in [4.69, 9.17) is 0 Å². The number of alkyl halides is 3. The molecule has 2 aromatic rings. The molecule has 2 aliphatic rings. The molecule has 0 saturated heterocycles. The number of nitrogens with zero attached hydrogens (tertiary/aromatic N) is 1. The molecule has 1 aliphatic heterocycles. The van der Waals surface area contributed by atoms with Crippen molar-refractivity contribution in [2.75, 3.05) is 0 Å². The van der Waals surface area contributed by atoms with Gasteiger partial charge < -0.3 is 5.32 Å². The van der Waals surface area contributed by atoms with Crippen LogP contribution < -0.4 is 5.32 Å². The van der Waals surface area contributed by atoms with Crippen LogP contribution in [0.15, 0.2) is 47.5 Å². The van der Waals surface area contributed by atoms with Gasteiger partial charge in [-0.3, -0.25) is 9.79 Å². The van der Waals surface area contributed by atoms with Gasteiger partial charge in [-0.15, -0.1) is 0 Å². The number of nitrogens with one attached hydrogen (secondary N) is 1. The highest BCUT2D eigenvalue weighted by molar-refractivity contribution is 6.12. The van der Waals surface area contributed by atoms with Gasteiger partial charge in [-0.1, -0.05) is 12.1 Å². The van der Waals surface area contributed by atoms with Crippen LogP contribution in [0.1, 0.15) is 22.6 Å². The maximum Gasteiger partial charge on any atom is 0.416 e. The van der Waals surface area contributed by atoms with Crippen molar-refractivity contribution in [2.45, 2.75) is 18.1 Å². The molecule has 1 heterocycles. The first-order valence-electron chi connectivity index (χ1n) is 7.77. The van der Waals surface area contributed by atoms with E-state index >= 15 is 0 Å². The highest BCUT2D eigenvalue weighted by Crippen LogP contribution is 2.52. The second-order valence-electron chi connectivity index (χ2n) is 6.25. The lowest BCUT2D eigenvalue weighted by Crippen LogP contribution is -2.37. The average Bonchev–Trinajstić information content (AvgIpc) is 3.29. The maximum absolute atomic E-state index is 13.9. The van der Waals surface area contributed by atoms with E-state index in [2.05, 4.69) is 10.3 Å². The van der Waals surface area contributed by atoms with Crippen molar-refractivity contribution < 1.29 is 26.7 Å². The Morgan fingerprint density at radius 2 is 1.65 bits per heavy atom. The Bertz CT molecular complexity index is 920. The van der Waals surface area contributed by atoms with Gasteiger partial charge >= 0.3 is 6.18 Å². The van der Waals surface area contributed by atoms with E-state index in [0.29, 0.717) is 11.6 Å². The van der Waals surface area contributed by atoms with Crippen LogP contribution in [0, 0.1) is 17.6 Å². The van der Waals surface area contributed by atoms with E-state index in [-0.39, 0.29) is 23.2 Å². The summed E-state index contributed by atoms with van der Waals surface area (Å²) in [5.41, 5.74) is -0.240. The van der Waals surface area contributed by atoms with Gasteiger partial charge in [-0.2, -0.15) is 13.2 Å². The van der Waals surface area contributed by atoms with Crippen LogP contribution >= 0.6 is 0 Å². The Balaban J connectivity index is 1.62. The third-order valence-electron chi connectivity index (χ3n) is 4.61. The highest BCUT2D eigenvalue weighted by Gasteiger charge is 2.58. The standard InChI is InChI=1S/C18H11F5N2O/c19-10-5-6-11(12(20)7-10)16-24-15-13(14(15)17(26)25-16)8-1-3-9(4-2-8)18(21,22)23/h1-7,13-15H,(H,24,25,26). The molecule has 134 valence electrons. The van der Waals surface area contributed by atoms with Crippen LogP contribution in [0.25, 0.3) is 0 Å². The molecule has 1 fully saturated rings. The Morgan fingerprint density at radius 1 is 0.962 bits per heavy atom. The van der Waals surface area contributed by atoms with Gasteiger partial charge in [-0.05, 0) is 29.8 Å². The average molecular weight is 366 g/mol. The number of fused-ring (bicyclic) bond motifs is 1. The zero-order chi connectivity index (χ0) is 18.6. The topological polar surface area (TPSA) is 41.5 Å². The van der Waals surface area contributed by atoms with E-state index in [1.54, 1.807) is 0 Å². The van der Waals surface area contributed by atoms with Crippen LogP contribution in [-0.4, -0.2) is 17.8 Å². The molecule has 0 aromatic heterocycles. The van der Waals surface area contributed by atoms with Crippen molar-refractivity contribution in [1.82, 2.24) is 5.32 Å². The summed E-state index contributed by atoms with van der Waals surface area (Å²) in [7, 11) is 0. The van der Waals surface area contributed by atoms with E-state index in [9.17, 15) is 26.7 Å². The number of amides is 1. The smallest absolute Gasteiger partial charge is 0.310 e. The van der Waals surface area contributed by atoms with Crippen LogP contribution in [-0.2, 0) is 11.0 Å². The monoisotopic (exact) mass is 366 g/mol. The van der Waals surface area contributed by atoms with Gasteiger partial charge in [0.25, 0.3) is 0 Å². The molecule has 26 heavy (non-hydrogen) atoms. The molecule has 3 nitrogen and oxygen atoms in total. The largest absolute Gasteiger partial charge is 0.416 e. The molecule has 1 amide bonds. The van der Waals surface area contributed by atoms with E-state index in [1.165, 1.54) is 18.2 Å². The summed E-state index contributed by atoms with van der Waals surface area (Å²) in [6.07, 6.45) is -4.43. The quantitative estimate of drug-likeness (QED) is 0.810. The molecule has 1 N–H and O–H groups in total. The summed E-state index contributed by atoms with van der Waals surface area (Å²) in [5, 5.41) is 2.49. The number of aliphatic imine (C=N–C) groups is 1. The Kier molecular flexibility index (Phi) is 3.61. The second kappa shape index (κ2) is 5.62. The lowest BCUT2D eigenvalue weighted by molar-refractivity contribution is -0.137. The molecule has 4 rings (SSSR count). The van der Waals surface area contributed by atoms with Crippen molar-refractivity contribution in [3.63, 3.8) is 0 Å². The first kappa shape index (κ1) is 16.7. The van der Waals surface area contributed by atoms with Crippen LogP contribution in [0.5, 0.6) is 0 Å². The summed E-state index contributed by atoms with van der Waals surface area (Å²) in [6, 6.07) is 7.03. The molecule has 0 radical (unpaired) electrons. The maximum atomic E-state index is 13.9. The van der Waals surface area contributed by atoms with Crippen LogP contribution in [0.3, 0.4) is 0 Å². The number of halogens is 5. The molecule has 3 unspecified atom stereocenters. The first-order chi connectivity index (χ1) is 12.3. The third-order valence-corrected chi connectivity index (χ3v) is 4.61. The number of carbonyl (C=O) groups excluding carboxylic acids is 1. The molecule has 2 aromatic carbocycles. The number of rotatable bonds is 2. The zero-order valence-corrected chi connectivity index (χ0v) is 13.0. The number of hydrogen-bond donors (Lipinski definition) is 1. The predicted molar refractivity (Wildman–Crippen MR) is 82.5 cm³/mol. The number of amidine groups is 1. The molecular formula is C18H11F5N2O. The summed E-state index contributed by atoms with van der Waals surface area (Å²) in [6.45, 7) is 0. The highest BCUT2D eigenvalue weighted by atomic mass is 19.4. The molecule has 3 atom stereocenters. The molecule has 8 heteroatoms. The van der Waals surface area contributed by atoms with Crippen molar-refractivity contribution in [3.05, 3.63) is 70.8 Å². The summed E-state index contributed by atoms with van der Waals surface area (Å²) < 4.78 is 64.9. The van der Waals surface area contributed by atoms with E-state index in [1.807, 2.05) is 0 Å². The van der Waals surface area contributed by atoms with Crippen LogP contribution in [0.2, 0.25) is 0 Å². The second-order valence-corrected chi connectivity index (χ2v) is 6.25. The van der Waals surface area contributed by atoms with Gasteiger partial charge in [0.1, 0.15) is 17.5 Å². The fourth-order valence-electron chi connectivity index (χ4n) is 3.27. The molecule has 0 bridgehead atoms. The lowest BCUT2D eigenvalue weighted by Gasteiger charge is -2.13. The minimum Gasteiger partial charge on any atom is -0.310 e. The van der Waals surface area contributed by atoms with E-state index in [0.717, 1.165) is 18.2 Å². The van der Waals surface area contributed by atoms with Crippen molar-refractivity contribution in [2.24, 2.45) is 10.9 Å². The zero-order valence-electron chi connectivity index (χ0n) is 13.0. The van der Waals surface area contributed by atoms with Crippen LogP contribution in [0.4, 0.5) is 22.0 Å². The summed E-state index contributed by atoms with van der Waals surface area (Å²) >= 11 is 0. The first-order valence-corrected chi connectivity index (χ1v) is 7.77. The molecule has 1 aliphatic carbocycles. The van der Waals surface area contributed by atoms with Crippen molar-refractivity contribution >= 4 is 11.7 Å². The summed E-state index contributed by atoms with van der Waals surface area (Å²) in [5.74, 6) is -2.84. The predicted octanol–water partition coefficient (Wildman–Crippen LogP) is 3.64. The lowest BCUT2D eigenvalue weighted by atomic mass is 10.1. The Hall–Kier alpha value is -2.77. The van der Waals surface area contributed by atoms with Gasteiger partial charge in [0.05, 0.1) is 23.1 Å².